The molecule has 9 heteroatoms. The molecule has 0 aliphatic rings. The van der Waals surface area contributed by atoms with Crippen LogP contribution in [0.3, 0.4) is 0 Å². The Labute approximate surface area is 145 Å². The summed E-state index contributed by atoms with van der Waals surface area (Å²) in [5.41, 5.74) is 1.52. The van der Waals surface area contributed by atoms with Crippen LogP contribution in [0.4, 0.5) is 11.4 Å². The first-order chi connectivity index (χ1) is 10.8. The van der Waals surface area contributed by atoms with Crippen LogP contribution in [0.25, 0.3) is 10.9 Å². The maximum absolute atomic E-state index is 11.2. The van der Waals surface area contributed by atoms with Crippen molar-refractivity contribution in [2.75, 3.05) is 0 Å². The topological polar surface area (TPSA) is 121 Å². The Bertz CT molecular complexity index is 1010. The molecular weight excluding hydrogens is 431 g/mol. The van der Waals surface area contributed by atoms with E-state index in [0.29, 0.717) is 11.4 Å². The van der Waals surface area contributed by atoms with Crippen LogP contribution in [0.5, 0.6) is 5.88 Å². The van der Waals surface area contributed by atoms with E-state index in [0.717, 1.165) is 14.5 Å². The number of nitrogens with one attached hydrogen (secondary N) is 1. The molecule has 0 saturated carbocycles. The predicted molar refractivity (Wildman–Crippen MR) is 94.7 cm³/mol. The van der Waals surface area contributed by atoms with E-state index >= 15 is 0 Å². The summed E-state index contributed by atoms with van der Waals surface area (Å²) in [6.07, 6.45) is 0. The van der Waals surface area contributed by atoms with E-state index in [4.69, 9.17) is 5.14 Å². The van der Waals surface area contributed by atoms with Gasteiger partial charge in [0.2, 0.25) is 15.9 Å². The van der Waals surface area contributed by atoms with E-state index < -0.39 is 10.0 Å². The van der Waals surface area contributed by atoms with Crippen molar-refractivity contribution in [3.05, 3.63) is 46.0 Å². The van der Waals surface area contributed by atoms with Gasteiger partial charge in [-0.25, -0.2) is 13.6 Å². The molecule has 0 radical (unpaired) electrons. The standard InChI is InChI=1S/C14H11IN4O3S/c15-8-1-6-12-11(7-8)13(14(20)17-12)19-18-9-2-4-10(5-3-9)23(16,21)22/h1-7,17,20H,(H2,16,21,22). The van der Waals surface area contributed by atoms with Crippen LogP contribution >= 0.6 is 22.6 Å². The van der Waals surface area contributed by atoms with Gasteiger partial charge in [-0.3, -0.25) is 0 Å². The maximum atomic E-state index is 11.2. The molecule has 0 unspecified atom stereocenters. The monoisotopic (exact) mass is 442 g/mol. The fraction of sp³-hybridized carbons (Fsp3) is 0. The number of hydrogen-bond acceptors (Lipinski definition) is 5. The number of azo groups is 1. The number of aromatic nitrogens is 1. The smallest absolute Gasteiger partial charge is 0.238 e. The molecule has 4 N–H and O–H groups in total. The molecule has 3 aromatic rings. The Morgan fingerprint density at radius 1 is 1.09 bits per heavy atom. The highest BCUT2D eigenvalue weighted by Crippen LogP contribution is 2.37. The van der Waals surface area contributed by atoms with Crippen molar-refractivity contribution in [1.29, 1.82) is 0 Å². The van der Waals surface area contributed by atoms with Crippen LogP contribution in [0.2, 0.25) is 0 Å². The minimum Gasteiger partial charge on any atom is -0.493 e. The molecule has 0 aliphatic heterocycles. The molecule has 23 heavy (non-hydrogen) atoms. The van der Waals surface area contributed by atoms with Gasteiger partial charge in [-0.1, -0.05) is 0 Å². The number of aromatic amines is 1. The lowest BCUT2D eigenvalue weighted by molar-refractivity contribution is 0.459. The molecule has 2 aromatic carbocycles. The number of rotatable bonds is 3. The molecular formula is C14H11IN4O3S. The van der Waals surface area contributed by atoms with Gasteiger partial charge in [0.1, 0.15) is 0 Å². The molecule has 0 amide bonds. The van der Waals surface area contributed by atoms with E-state index in [2.05, 4.69) is 37.8 Å². The van der Waals surface area contributed by atoms with Crippen molar-refractivity contribution < 1.29 is 13.5 Å². The SMILES string of the molecule is NS(=O)(=O)c1ccc(N=Nc2c(O)[nH]c3ccc(I)cc23)cc1. The molecule has 0 aliphatic carbocycles. The summed E-state index contributed by atoms with van der Waals surface area (Å²) in [6.45, 7) is 0. The highest BCUT2D eigenvalue weighted by Gasteiger charge is 2.11. The van der Waals surface area contributed by atoms with Crippen LogP contribution in [0, 0.1) is 3.57 Å². The number of nitrogens with zero attached hydrogens (tertiary/aromatic N) is 2. The van der Waals surface area contributed by atoms with E-state index in [-0.39, 0.29) is 10.8 Å². The summed E-state index contributed by atoms with van der Waals surface area (Å²) in [4.78, 5) is 2.82. The first-order valence-electron chi connectivity index (χ1n) is 6.39. The Balaban J connectivity index is 1.97. The minimum atomic E-state index is -3.74. The summed E-state index contributed by atoms with van der Waals surface area (Å²) in [6, 6.07) is 11.3. The van der Waals surface area contributed by atoms with Gasteiger partial charge < -0.3 is 10.1 Å². The van der Waals surface area contributed by atoms with Crippen LogP contribution in [0.1, 0.15) is 0 Å². The lowest BCUT2D eigenvalue weighted by Crippen LogP contribution is -2.11. The summed E-state index contributed by atoms with van der Waals surface area (Å²) < 4.78 is 23.4. The van der Waals surface area contributed by atoms with Crippen molar-refractivity contribution in [3.63, 3.8) is 0 Å². The number of nitrogens with two attached hydrogens (primary N) is 1. The Morgan fingerprint density at radius 2 is 1.78 bits per heavy atom. The van der Waals surface area contributed by atoms with Crippen molar-refractivity contribution in [1.82, 2.24) is 4.98 Å². The molecule has 0 bridgehead atoms. The van der Waals surface area contributed by atoms with Crippen molar-refractivity contribution >= 4 is 54.9 Å². The summed E-state index contributed by atoms with van der Waals surface area (Å²) in [5, 5.41) is 23.8. The van der Waals surface area contributed by atoms with E-state index in [9.17, 15) is 13.5 Å². The zero-order valence-electron chi connectivity index (χ0n) is 11.6. The molecule has 0 fully saturated rings. The quantitative estimate of drug-likeness (QED) is 0.425. The third kappa shape index (κ3) is 3.35. The first kappa shape index (κ1) is 15.9. The summed E-state index contributed by atoms with van der Waals surface area (Å²) >= 11 is 2.17. The van der Waals surface area contributed by atoms with Crippen LogP contribution in [-0.2, 0) is 10.0 Å². The van der Waals surface area contributed by atoms with Gasteiger partial charge in [0.05, 0.1) is 16.1 Å². The van der Waals surface area contributed by atoms with Crippen molar-refractivity contribution in [3.8, 4) is 5.88 Å². The number of fused-ring (bicyclic) bond motifs is 1. The molecule has 1 aromatic heterocycles. The fourth-order valence-electron chi connectivity index (χ4n) is 2.05. The zero-order chi connectivity index (χ0) is 16.6. The second-order valence-corrected chi connectivity index (χ2v) is 7.56. The van der Waals surface area contributed by atoms with E-state index in [1.807, 2.05) is 18.2 Å². The zero-order valence-corrected chi connectivity index (χ0v) is 14.5. The first-order valence-corrected chi connectivity index (χ1v) is 9.02. The van der Waals surface area contributed by atoms with Crippen LogP contribution in [0.15, 0.2) is 57.6 Å². The van der Waals surface area contributed by atoms with Crippen molar-refractivity contribution in [2.45, 2.75) is 4.90 Å². The number of hydrogen-bond donors (Lipinski definition) is 3. The highest BCUT2D eigenvalue weighted by atomic mass is 127. The molecule has 0 atom stereocenters. The Kier molecular flexibility index (Phi) is 4.08. The van der Waals surface area contributed by atoms with Gasteiger partial charge in [-0.15, -0.1) is 5.11 Å². The lowest BCUT2D eigenvalue weighted by atomic mass is 10.2. The molecule has 1 heterocycles. The van der Waals surface area contributed by atoms with Crippen molar-refractivity contribution in [2.24, 2.45) is 15.4 Å². The Hall–Kier alpha value is -1.98. The molecule has 7 nitrogen and oxygen atoms in total. The highest BCUT2D eigenvalue weighted by molar-refractivity contribution is 14.1. The normalized spacial score (nSPS) is 12.3. The number of halogens is 1. The third-order valence-electron chi connectivity index (χ3n) is 3.14. The minimum absolute atomic E-state index is 0.000875. The fourth-order valence-corrected chi connectivity index (χ4v) is 3.05. The van der Waals surface area contributed by atoms with Crippen LogP contribution < -0.4 is 5.14 Å². The number of sulfonamides is 1. The largest absolute Gasteiger partial charge is 0.493 e. The van der Waals surface area contributed by atoms with Gasteiger partial charge in [0.25, 0.3) is 0 Å². The van der Waals surface area contributed by atoms with Gasteiger partial charge in [-0.2, -0.15) is 5.11 Å². The average molecular weight is 442 g/mol. The summed E-state index contributed by atoms with van der Waals surface area (Å²) in [5.74, 6) is -0.0769. The second kappa shape index (κ2) is 5.91. The third-order valence-corrected chi connectivity index (χ3v) is 4.75. The predicted octanol–water partition coefficient (Wildman–Crippen LogP) is 3.54. The molecule has 118 valence electrons. The number of primary sulfonamides is 1. The Morgan fingerprint density at radius 3 is 2.43 bits per heavy atom. The lowest BCUT2D eigenvalue weighted by Gasteiger charge is -1.98. The molecule has 0 spiro atoms. The molecule has 3 rings (SSSR count). The average Bonchev–Trinajstić information content (AvgIpc) is 2.79. The summed E-state index contributed by atoms with van der Waals surface area (Å²) in [7, 11) is -3.74. The second-order valence-electron chi connectivity index (χ2n) is 4.75. The number of H-pyrrole nitrogens is 1. The van der Waals surface area contributed by atoms with E-state index in [1.165, 1.54) is 24.3 Å². The van der Waals surface area contributed by atoms with E-state index in [1.54, 1.807) is 0 Å². The van der Waals surface area contributed by atoms with Gasteiger partial charge in [0, 0.05) is 8.96 Å². The molecule has 0 saturated heterocycles. The maximum Gasteiger partial charge on any atom is 0.238 e. The van der Waals surface area contributed by atoms with Gasteiger partial charge >= 0.3 is 0 Å². The number of aromatic hydroxyl groups is 1. The number of benzene rings is 2. The van der Waals surface area contributed by atoms with Gasteiger partial charge in [0.15, 0.2) is 5.69 Å². The van der Waals surface area contributed by atoms with Gasteiger partial charge in [-0.05, 0) is 65.1 Å². The van der Waals surface area contributed by atoms with Crippen LogP contribution in [-0.4, -0.2) is 18.5 Å².